The Hall–Kier alpha value is -0.0500. The minimum Gasteiger partial charge on any atom is -0.378 e. The van der Waals surface area contributed by atoms with Crippen molar-refractivity contribution in [3.63, 3.8) is 0 Å². The van der Waals surface area contributed by atoms with E-state index in [0.29, 0.717) is 5.92 Å². The van der Waals surface area contributed by atoms with Gasteiger partial charge in [0.05, 0.1) is 11.5 Å². The van der Waals surface area contributed by atoms with Crippen LogP contribution in [0.3, 0.4) is 0 Å². The number of ether oxygens (including phenoxy) is 1. The highest BCUT2D eigenvalue weighted by Gasteiger charge is 2.31. The summed E-state index contributed by atoms with van der Waals surface area (Å²) < 4.78 is 6.63. The van der Waals surface area contributed by atoms with Crippen LogP contribution in [0.15, 0.2) is 28.7 Å². The maximum atomic E-state index is 6.46. The van der Waals surface area contributed by atoms with E-state index in [0.717, 1.165) is 17.5 Å². The lowest BCUT2D eigenvalue weighted by Crippen LogP contribution is -2.16. The van der Waals surface area contributed by atoms with Gasteiger partial charge in [0.1, 0.15) is 0 Å². The quantitative estimate of drug-likeness (QED) is 0.743. The van der Waals surface area contributed by atoms with Gasteiger partial charge in [0, 0.05) is 17.0 Å². The van der Waals surface area contributed by atoms with Gasteiger partial charge in [0.2, 0.25) is 0 Å². The van der Waals surface area contributed by atoms with Crippen molar-refractivity contribution in [2.24, 2.45) is 5.92 Å². The van der Waals surface area contributed by atoms with Crippen molar-refractivity contribution in [1.29, 1.82) is 0 Å². The van der Waals surface area contributed by atoms with Crippen LogP contribution in [-0.4, -0.2) is 12.7 Å². The molecule has 15 heavy (non-hydrogen) atoms. The summed E-state index contributed by atoms with van der Waals surface area (Å²) in [6.07, 6.45) is 1.34. The minimum atomic E-state index is 0.0654. The average molecular weight is 290 g/mol. The monoisotopic (exact) mass is 288 g/mol. The Bertz CT molecular complexity index is 325. The summed E-state index contributed by atoms with van der Waals surface area (Å²) in [5.74, 6) is 0.438. The number of hydrogen-bond donors (Lipinski definition) is 0. The highest BCUT2D eigenvalue weighted by molar-refractivity contribution is 9.10. The summed E-state index contributed by atoms with van der Waals surface area (Å²) in [7, 11) is 0. The van der Waals surface area contributed by atoms with Gasteiger partial charge in [-0.3, -0.25) is 0 Å². The fraction of sp³-hybridized carbons (Fsp3) is 0.500. The Labute approximate surface area is 104 Å². The lowest BCUT2D eigenvalue weighted by molar-refractivity contribution is 0.105. The zero-order chi connectivity index (χ0) is 10.8. The number of halogens is 2. The van der Waals surface area contributed by atoms with E-state index in [1.54, 1.807) is 0 Å². The topological polar surface area (TPSA) is 9.23 Å². The van der Waals surface area contributed by atoms with Crippen molar-refractivity contribution in [2.45, 2.75) is 24.8 Å². The predicted molar refractivity (Wildman–Crippen MR) is 66.3 cm³/mol. The number of alkyl halides is 1. The molecular formula is C12H14BrClO. The van der Waals surface area contributed by atoms with Gasteiger partial charge >= 0.3 is 0 Å². The molecule has 1 nitrogen and oxygen atoms in total. The van der Waals surface area contributed by atoms with Gasteiger partial charge in [-0.25, -0.2) is 0 Å². The Morgan fingerprint density at radius 3 is 2.60 bits per heavy atom. The average Bonchev–Trinajstić information content (AvgIpc) is 2.65. The molecule has 82 valence electrons. The molecule has 0 aromatic heterocycles. The third-order valence-corrected chi connectivity index (χ3v) is 4.10. The van der Waals surface area contributed by atoms with Crippen LogP contribution >= 0.6 is 27.5 Å². The van der Waals surface area contributed by atoms with Crippen LogP contribution in [0, 0.1) is 5.92 Å². The Morgan fingerprint density at radius 1 is 1.40 bits per heavy atom. The zero-order valence-corrected chi connectivity index (χ0v) is 11.0. The second-order valence-corrected chi connectivity index (χ2v) is 5.37. The van der Waals surface area contributed by atoms with Crippen LogP contribution in [-0.2, 0) is 4.74 Å². The third kappa shape index (κ3) is 2.55. The molecule has 0 spiro atoms. The number of benzene rings is 1. The van der Waals surface area contributed by atoms with E-state index in [-0.39, 0.29) is 11.5 Å². The van der Waals surface area contributed by atoms with E-state index >= 15 is 0 Å². The zero-order valence-electron chi connectivity index (χ0n) is 8.62. The highest BCUT2D eigenvalue weighted by Crippen LogP contribution is 2.38. The minimum absolute atomic E-state index is 0.0654. The van der Waals surface area contributed by atoms with E-state index in [2.05, 4.69) is 35.0 Å². The summed E-state index contributed by atoms with van der Waals surface area (Å²) in [5, 5.41) is 0.0654. The van der Waals surface area contributed by atoms with E-state index in [4.69, 9.17) is 16.3 Å². The molecule has 0 aliphatic carbocycles. The maximum Gasteiger partial charge on any atom is 0.0638 e. The summed E-state index contributed by atoms with van der Waals surface area (Å²) >= 11 is 9.89. The van der Waals surface area contributed by atoms with E-state index in [1.807, 2.05) is 12.1 Å². The van der Waals surface area contributed by atoms with Crippen molar-refractivity contribution in [3.8, 4) is 0 Å². The molecule has 2 rings (SSSR count). The fourth-order valence-corrected chi connectivity index (χ4v) is 2.77. The Kier molecular flexibility index (Phi) is 3.70. The second kappa shape index (κ2) is 4.86. The molecule has 0 amide bonds. The van der Waals surface area contributed by atoms with Gasteiger partial charge in [-0.05, 0) is 31.0 Å². The van der Waals surface area contributed by atoms with Crippen molar-refractivity contribution in [3.05, 3.63) is 34.3 Å². The smallest absolute Gasteiger partial charge is 0.0638 e. The number of rotatable bonds is 2. The van der Waals surface area contributed by atoms with Crippen LogP contribution in [0.25, 0.3) is 0 Å². The molecule has 1 heterocycles. The largest absolute Gasteiger partial charge is 0.378 e. The van der Waals surface area contributed by atoms with Gasteiger partial charge in [0.25, 0.3) is 0 Å². The first-order valence-electron chi connectivity index (χ1n) is 5.19. The molecule has 1 fully saturated rings. The Balaban J connectivity index is 2.13. The molecule has 1 aliphatic heterocycles. The van der Waals surface area contributed by atoms with E-state index in [1.165, 1.54) is 5.56 Å². The van der Waals surface area contributed by atoms with Crippen molar-refractivity contribution < 1.29 is 4.74 Å². The number of hydrogen-bond acceptors (Lipinski definition) is 1. The molecule has 1 aromatic carbocycles. The van der Waals surface area contributed by atoms with E-state index in [9.17, 15) is 0 Å². The molecule has 1 saturated heterocycles. The molecule has 0 radical (unpaired) electrons. The summed E-state index contributed by atoms with van der Waals surface area (Å²) in [6, 6.07) is 8.22. The molecule has 3 atom stereocenters. The molecule has 1 aromatic rings. The van der Waals surface area contributed by atoms with Crippen LogP contribution in [0.1, 0.15) is 24.3 Å². The van der Waals surface area contributed by atoms with Crippen molar-refractivity contribution in [1.82, 2.24) is 0 Å². The summed E-state index contributed by atoms with van der Waals surface area (Å²) in [4.78, 5) is 0. The van der Waals surface area contributed by atoms with Crippen LogP contribution < -0.4 is 0 Å². The maximum absolute atomic E-state index is 6.46. The summed E-state index contributed by atoms with van der Waals surface area (Å²) in [5.41, 5.74) is 1.18. The molecular weight excluding hydrogens is 275 g/mol. The standard InChI is InChI=1S/C12H14BrClO/c1-8-11(6-7-15-8)12(14)9-2-4-10(13)5-3-9/h2-5,8,11-12H,6-7H2,1H3. The fourth-order valence-electron chi connectivity index (χ4n) is 2.03. The summed E-state index contributed by atoms with van der Waals surface area (Å²) in [6.45, 7) is 2.94. The molecule has 3 unspecified atom stereocenters. The third-order valence-electron chi connectivity index (χ3n) is 3.00. The molecule has 1 aliphatic rings. The van der Waals surface area contributed by atoms with Gasteiger partial charge in [0.15, 0.2) is 0 Å². The lowest BCUT2D eigenvalue weighted by Gasteiger charge is -2.20. The molecule has 0 saturated carbocycles. The first-order chi connectivity index (χ1) is 7.18. The van der Waals surface area contributed by atoms with Gasteiger partial charge in [-0.1, -0.05) is 28.1 Å². The highest BCUT2D eigenvalue weighted by atomic mass is 79.9. The van der Waals surface area contributed by atoms with Crippen LogP contribution in [0.5, 0.6) is 0 Å². The predicted octanol–water partition coefficient (Wildman–Crippen LogP) is 4.15. The molecule has 0 bridgehead atoms. The Morgan fingerprint density at radius 2 is 2.07 bits per heavy atom. The molecule has 0 N–H and O–H groups in total. The van der Waals surface area contributed by atoms with Crippen LogP contribution in [0.2, 0.25) is 0 Å². The molecule has 3 heteroatoms. The van der Waals surface area contributed by atoms with Crippen LogP contribution in [0.4, 0.5) is 0 Å². The van der Waals surface area contributed by atoms with Crippen molar-refractivity contribution in [2.75, 3.05) is 6.61 Å². The first kappa shape index (κ1) is 11.4. The van der Waals surface area contributed by atoms with Gasteiger partial charge in [-0.2, -0.15) is 0 Å². The second-order valence-electron chi connectivity index (χ2n) is 3.98. The van der Waals surface area contributed by atoms with E-state index < -0.39 is 0 Å². The normalized spacial score (nSPS) is 27.9. The lowest BCUT2D eigenvalue weighted by atomic mass is 9.93. The SMILES string of the molecule is CC1OCCC1C(Cl)c1ccc(Br)cc1. The van der Waals surface area contributed by atoms with Gasteiger partial charge in [-0.15, -0.1) is 11.6 Å². The first-order valence-corrected chi connectivity index (χ1v) is 6.42. The van der Waals surface area contributed by atoms with Crippen molar-refractivity contribution >= 4 is 27.5 Å². The van der Waals surface area contributed by atoms with Gasteiger partial charge < -0.3 is 4.74 Å².